The Balaban J connectivity index is 0.0000116. The number of aliphatic hydroxyl groups is 3. The standard InChI is InChI=1S/C19H32N4O11.H3N/c1-7(17(30)23-10(16(20)29)4-5-12(26)27)21-18(31)8(2)33-15-13(22-9(3)25)19(32)34-11(6-24)14(15)28;/h7-8,10-11,13-15,19,24,28,32H,4-6H2,1-3H3,(H2,20,29)(H,21,31)(H,22,25)(H,23,30)(H,26,27);1H3/t7-,8+,10+,11+,13?,14+,15+,19?;/m0./s1. The first kappa shape index (κ1) is 32.1. The van der Waals surface area contributed by atoms with Gasteiger partial charge in [0.05, 0.1) is 6.61 Å². The van der Waals surface area contributed by atoms with E-state index in [0.717, 1.165) is 6.92 Å². The number of nitrogens with two attached hydrogens (primary N) is 1. The molecule has 16 heteroatoms. The minimum Gasteiger partial charge on any atom is -0.550 e. The molecule has 12 N–H and O–H groups in total. The van der Waals surface area contributed by atoms with Gasteiger partial charge in [-0.15, -0.1) is 0 Å². The Morgan fingerprint density at radius 2 is 1.71 bits per heavy atom. The molecular formula is C19H35N5O11. The Morgan fingerprint density at radius 1 is 1.11 bits per heavy atom. The molecular weight excluding hydrogens is 474 g/mol. The molecule has 0 spiro atoms. The summed E-state index contributed by atoms with van der Waals surface area (Å²) in [6, 6.07) is -3.78. The van der Waals surface area contributed by atoms with Gasteiger partial charge < -0.3 is 62.5 Å². The zero-order chi connectivity index (χ0) is 26.2. The fraction of sp³-hybridized carbons (Fsp3) is 0.737. The molecule has 35 heavy (non-hydrogen) atoms. The number of carboxylic acids is 1. The molecule has 202 valence electrons. The Labute approximate surface area is 201 Å². The van der Waals surface area contributed by atoms with E-state index >= 15 is 0 Å². The molecule has 8 atom stereocenters. The van der Waals surface area contributed by atoms with Gasteiger partial charge in [0.2, 0.25) is 23.6 Å². The number of carbonyl (C=O) groups is 5. The molecule has 16 nitrogen and oxygen atoms in total. The van der Waals surface area contributed by atoms with Crippen LogP contribution in [-0.2, 0) is 33.4 Å². The van der Waals surface area contributed by atoms with Gasteiger partial charge in [-0.1, -0.05) is 0 Å². The first-order valence-electron chi connectivity index (χ1n) is 10.4. The molecule has 0 aromatic rings. The van der Waals surface area contributed by atoms with E-state index in [1.54, 1.807) is 0 Å². The monoisotopic (exact) mass is 509 g/mol. The van der Waals surface area contributed by atoms with E-state index in [1.807, 2.05) is 0 Å². The number of nitrogens with one attached hydrogen (secondary N) is 3. The van der Waals surface area contributed by atoms with Gasteiger partial charge in [0.1, 0.15) is 42.5 Å². The van der Waals surface area contributed by atoms with E-state index in [4.69, 9.17) is 15.2 Å². The highest BCUT2D eigenvalue weighted by molar-refractivity contribution is 5.92. The molecule has 1 aliphatic heterocycles. The number of hydrogen-bond acceptors (Lipinski definition) is 11. The van der Waals surface area contributed by atoms with Gasteiger partial charge in [0.15, 0.2) is 6.29 Å². The summed E-state index contributed by atoms with van der Waals surface area (Å²) in [6.45, 7) is 3.03. The lowest BCUT2D eigenvalue weighted by Crippen LogP contribution is -2.65. The van der Waals surface area contributed by atoms with Gasteiger partial charge in [-0.2, -0.15) is 0 Å². The molecule has 1 heterocycles. The summed E-state index contributed by atoms with van der Waals surface area (Å²) in [7, 11) is 0. The van der Waals surface area contributed by atoms with Crippen molar-refractivity contribution in [1.29, 1.82) is 0 Å². The van der Waals surface area contributed by atoms with Crippen LogP contribution in [0.1, 0.15) is 33.6 Å². The minimum atomic E-state index is -1.65. The molecule has 2 unspecified atom stereocenters. The minimum absolute atomic E-state index is 0. The number of carboxylic acid groups (broad SMARTS) is 1. The van der Waals surface area contributed by atoms with Crippen LogP contribution in [0.5, 0.6) is 0 Å². The van der Waals surface area contributed by atoms with Crippen LogP contribution in [0.3, 0.4) is 0 Å². The van der Waals surface area contributed by atoms with Crippen LogP contribution in [0.4, 0.5) is 0 Å². The Bertz CT molecular complexity index is 767. The van der Waals surface area contributed by atoms with E-state index in [9.17, 15) is 44.4 Å². The van der Waals surface area contributed by atoms with Crippen LogP contribution < -0.4 is 32.9 Å². The van der Waals surface area contributed by atoms with Crippen molar-refractivity contribution in [3.8, 4) is 0 Å². The van der Waals surface area contributed by atoms with Crippen LogP contribution in [0.15, 0.2) is 0 Å². The molecule has 1 aliphatic rings. The fourth-order valence-electron chi connectivity index (χ4n) is 3.17. The van der Waals surface area contributed by atoms with Gasteiger partial charge in [0.25, 0.3) is 0 Å². The maximum absolute atomic E-state index is 12.5. The third-order valence-corrected chi connectivity index (χ3v) is 5.02. The SMILES string of the molecule is CC(=O)NC1C(O)O[C@H](CO)[C@@H](O)[C@@H]1O[C@H](C)C(=O)N[C@@H](C)C(=O)N[C@H](CCC(=O)[O-])C(N)=O.[NH4+]. The highest BCUT2D eigenvalue weighted by atomic mass is 16.6. The topological polar surface area (TPSA) is 286 Å². The molecule has 1 rings (SSSR count). The van der Waals surface area contributed by atoms with Crippen molar-refractivity contribution < 1.29 is 53.9 Å². The number of carbonyl (C=O) groups excluding carboxylic acids is 5. The smallest absolute Gasteiger partial charge is 0.249 e. The number of aliphatic carboxylic acids is 1. The molecule has 0 bridgehead atoms. The van der Waals surface area contributed by atoms with Gasteiger partial charge in [-0.25, -0.2) is 0 Å². The number of ether oxygens (including phenoxy) is 2. The predicted octanol–water partition coefficient (Wildman–Crippen LogP) is -5.28. The average Bonchev–Trinajstić information content (AvgIpc) is 2.74. The lowest BCUT2D eigenvalue weighted by atomic mass is 9.96. The molecule has 0 aliphatic carbocycles. The summed E-state index contributed by atoms with van der Waals surface area (Å²) in [5.74, 6) is -4.65. The largest absolute Gasteiger partial charge is 0.550 e. The van der Waals surface area contributed by atoms with E-state index in [2.05, 4.69) is 16.0 Å². The van der Waals surface area contributed by atoms with E-state index in [1.165, 1.54) is 13.8 Å². The summed E-state index contributed by atoms with van der Waals surface area (Å²) in [4.78, 5) is 58.3. The van der Waals surface area contributed by atoms with Crippen molar-refractivity contribution in [3.63, 3.8) is 0 Å². The highest BCUT2D eigenvalue weighted by Crippen LogP contribution is 2.23. The number of amides is 4. The van der Waals surface area contributed by atoms with Gasteiger partial charge in [-0.05, 0) is 26.7 Å². The first-order chi connectivity index (χ1) is 15.8. The second kappa shape index (κ2) is 14.5. The van der Waals surface area contributed by atoms with Gasteiger partial charge >= 0.3 is 0 Å². The van der Waals surface area contributed by atoms with Crippen LogP contribution in [0.2, 0.25) is 0 Å². The van der Waals surface area contributed by atoms with E-state index < -0.39 is 91.5 Å². The number of hydrogen-bond donors (Lipinski definition) is 8. The predicted molar refractivity (Wildman–Crippen MR) is 115 cm³/mol. The third-order valence-electron chi connectivity index (χ3n) is 5.02. The Kier molecular flexibility index (Phi) is 13.3. The van der Waals surface area contributed by atoms with Crippen LogP contribution in [0.25, 0.3) is 0 Å². The van der Waals surface area contributed by atoms with Crippen LogP contribution in [-0.4, -0.2) is 100 Å². The molecule has 0 saturated carbocycles. The number of quaternary nitrogens is 1. The Morgan fingerprint density at radius 3 is 2.20 bits per heavy atom. The van der Waals surface area contributed by atoms with E-state index in [0.29, 0.717) is 0 Å². The summed E-state index contributed by atoms with van der Waals surface area (Å²) in [6.07, 6.45) is -7.94. The number of rotatable bonds is 12. The van der Waals surface area contributed by atoms with E-state index in [-0.39, 0.29) is 12.6 Å². The average molecular weight is 510 g/mol. The summed E-state index contributed by atoms with van der Waals surface area (Å²) in [5.41, 5.74) is 5.14. The normalized spacial score (nSPS) is 26.3. The summed E-state index contributed by atoms with van der Waals surface area (Å²) in [5, 5.41) is 47.3. The van der Waals surface area contributed by atoms with Crippen molar-refractivity contribution in [2.75, 3.05) is 6.61 Å². The first-order valence-corrected chi connectivity index (χ1v) is 10.4. The van der Waals surface area contributed by atoms with Crippen molar-refractivity contribution in [1.82, 2.24) is 22.1 Å². The molecule has 0 aromatic carbocycles. The molecule has 4 amide bonds. The lowest BCUT2D eigenvalue weighted by Gasteiger charge is -2.43. The van der Waals surface area contributed by atoms with Crippen molar-refractivity contribution in [2.24, 2.45) is 5.73 Å². The molecule has 0 radical (unpaired) electrons. The number of aliphatic hydroxyl groups excluding tert-OH is 3. The zero-order valence-corrected chi connectivity index (χ0v) is 19.9. The molecule has 0 aromatic heterocycles. The van der Waals surface area contributed by atoms with Crippen LogP contribution in [0, 0.1) is 0 Å². The van der Waals surface area contributed by atoms with Gasteiger partial charge in [-0.3, -0.25) is 19.2 Å². The zero-order valence-electron chi connectivity index (χ0n) is 19.9. The summed E-state index contributed by atoms with van der Waals surface area (Å²) >= 11 is 0. The van der Waals surface area contributed by atoms with Crippen molar-refractivity contribution >= 4 is 29.6 Å². The molecule has 1 saturated heterocycles. The lowest BCUT2D eigenvalue weighted by molar-refractivity contribution is -0.305. The Hall–Kier alpha value is -2.89. The fourth-order valence-corrected chi connectivity index (χ4v) is 3.17. The van der Waals surface area contributed by atoms with Crippen LogP contribution >= 0.6 is 0 Å². The second-order valence-corrected chi connectivity index (χ2v) is 7.81. The quantitative estimate of drug-likeness (QED) is 0.123. The third kappa shape index (κ3) is 9.71. The number of primary amides is 1. The molecule has 1 fully saturated rings. The van der Waals surface area contributed by atoms with Crippen molar-refractivity contribution in [3.05, 3.63) is 0 Å². The highest BCUT2D eigenvalue weighted by Gasteiger charge is 2.47. The second-order valence-electron chi connectivity index (χ2n) is 7.81. The maximum Gasteiger partial charge on any atom is 0.249 e. The van der Waals surface area contributed by atoms with Gasteiger partial charge in [0, 0.05) is 12.9 Å². The van der Waals surface area contributed by atoms with Crippen molar-refractivity contribution in [2.45, 2.75) is 82.4 Å². The summed E-state index contributed by atoms with van der Waals surface area (Å²) < 4.78 is 10.6. The maximum atomic E-state index is 12.5.